The summed E-state index contributed by atoms with van der Waals surface area (Å²) in [7, 11) is 0. The fourth-order valence-corrected chi connectivity index (χ4v) is 3.09. The zero-order valence-electron chi connectivity index (χ0n) is 15.0. The van der Waals surface area contributed by atoms with Crippen molar-refractivity contribution >= 4 is 23.1 Å². The number of anilines is 1. The monoisotopic (exact) mass is 389 g/mol. The average molecular weight is 389 g/mol. The first-order chi connectivity index (χ1) is 13.3. The third kappa shape index (κ3) is 3.83. The molecule has 7 nitrogen and oxygen atoms in total. The molecule has 0 saturated carbocycles. The number of hydrogen-bond donors (Lipinski definition) is 0. The molecule has 3 rings (SSSR count). The topological polar surface area (TPSA) is 83.8 Å². The van der Waals surface area contributed by atoms with Crippen molar-refractivity contribution in [2.24, 2.45) is 0 Å². The highest BCUT2D eigenvalue weighted by atomic mass is 19.1. The maximum Gasteiger partial charge on any atom is 0.270 e. The van der Waals surface area contributed by atoms with Gasteiger partial charge in [0.15, 0.2) is 5.78 Å². The van der Waals surface area contributed by atoms with E-state index in [1.54, 1.807) is 4.90 Å². The van der Waals surface area contributed by atoms with Crippen molar-refractivity contribution in [1.82, 2.24) is 4.90 Å². The molecule has 1 aliphatic heterocycles. The molecule has 0 aromatic heterocycles. The summed E-state index contributed by atoms with van der Waals surface area (Å²) < 4.78 is 28.3. The van der Waals surface area contributed by atoms with Gasteiger partial charge in [-0.25, -0.2) is 8.78 Å². The molecule has 0 atom stereocenters. The maximum absolute atomic E-state index is 14.3. The third-order valence-electron chi connectivity index (χ3n) is 4.65. The summed E-state index contributed by atoms with van der Waals surface area (Å²) in [4.78, 5) is 37.2. The Labute approximate surface area is 159 Å². The number of nitro groups is 1. The van der Waals surface area contributed by atoms with Crippen molar-refractivity contribution in [1.29, 1.82) is 0 Å². The zero-order valence-corrected chi connectivity index (χ0v) is 15.0. The van der Waals surface area contributed by atoms with Crippen LogP contribution in [0.15, 0.2) is 36.4 Å². The summed E-state index contributed by atoms with van der Waals surface area (Å²) in [5, 5.41) is 10.9. The van der Waals surface area contributed by atoms with Gasteiger partial charge >= 0.3 is 0 Å². The minimum Gasteiger partial charge on any atom is -0.366 e. The zero-order chi connectivity index (χ0) is 20.4. The molecular formula is C19H17F2N3O4. The van der Waals surface area contributed by atoms with E-state index in [-0.39, 0.29) is 35.7 Å². The van der Waals surface area contributed by atoms with Crippen molar-refractivity contribution in [2.45, 2.75) is 6.92 Å². The van der Waals surface area contributed by atoms with E-state index in [9.17, 15) is 28.5 Å². The molecule has 1 saturated heterocycles. The average Bonchev–Trinajstić information content (AvgIpc) is 2.67. The third-order valence-corrected chi connectivity index (χ3v) is 4.65. The lowest BCUT2D eigenvalue weighted by Gasteiger charge is -2.36. The maximum atomic E-state index is 14.3. The van der Waals surface area contributed by atoms with E-state index in [2.05, 4.69) is 0 Å². The molecule has 0 spiro atoms. The van der Waals surface area contributed by atoms with Crippen LogP contribution < -0.4 is 4.90 Å². The molecule has 28 heavy (non-hydrogen) atoms. The van der Waals surface area contributed by atoms with Gasteiger partial charge in [-0.15, -0.1) is 0 Å². The molecular weight excluding hydrogens is 372 g/mol. The lowest BCUT2D eigenvalue weighted by Crippen LogP contribution is -2.49. The van der Waals surface area contributed by atoms with Gasteiger partial charge in [-0.05, 0) is 31.2 Å². The van der Waals surface area contributed by atoms with Gasteiger partial charge in [-0.3, -0.25) is 19.7 Å². The fraction of sp³-hybridized carbons (Fsp3) is 0.263. The van der Waals surface area contributed by atoms with Crippen LogP contribution in [0, 0.1) is 21.7 Å². The molecule has 1 fully saturated rings. The van der Waals surface area contributed by atoms with E-state index in [0.29, 0.717) is 18.8 Å². The summed E-state index contributed by atoms with van der Waals surface area (Å²) in [6.07, 6.45) is 0. The molecule has 0 N–H and O–H groups in total. The highest BCUT2D eigenvalue weighted by Crippen LogP contribution is 2.24. The molecule has 1 heterocycles. The van der Waals surface area contributed by atoms with Crippen molar-refractivity contribution in [3.63, 3.8) is 0 Å². The normalized spacial score (nSPS) is 14.1. The molecule has 2 aromatic rings. The Hall–Kier alpha value is -3.36. The minimum absolute atomic E-state index is 0.203. The summed E-state index contributed by atoms with van der Waals surface area (Å²) in [5.74, 6) is -2.24. The van der Waals surface area contributed by atoms with Gasteiger partial charge in [-0.1, -0.05) is 0 Å². The van der Waals surface area contributed by atoms with Gasteiger partial charge in [0.25, 0.3) is 11.6 Å². The SMILES string of the molecule is CC(=O)c1ccc(N2CCN(C(=O)c3cc([N+](=O)[O-])ccc3F)CC2)c(F)c1. The van der Waals surface area contributed by atoms with Crippen molar-refractivity contribution in [2.75, 3.05) is 31.1 Å². The predicted octanol–water partition coefficient (Wildman–Crippen LogP) is 3.04. The number of nitro benzene ring substituents is 1. The smallest absolute Gasteiger partial charge is 0.270 e. The highest BCUT2D eigenvalue weighted by molar-refractivity contribution is 5.95. The van der Waals surface area contributed by atoms with E-state index in [1.807, 2.05) is 0 Å². The van der Waals surface area contributed by atoms with Crippen LogP contribution >= 0.6 is 0 Å². The lowest BCUT2D eigenvalue weighted by atomic mass is 10.1. The van der Waals surface area contributed by atoms with E-state index in [4.69, 9.17) is 0 Å². The number of carbonyl (C=O) groups is 2. The van der Waals surface area contributed by atoms with Crippen molar-refractivity contribution in [3.05, 3.63) is 69.3 Å². The Morgan fingerprint density at radius 2 is 1.68 bits per heavy atom. The molecule has 1 amide bonds. The van der Waals surface area contributed by atoms with Crippen LogP contribution in [0.3, 0.4) is 0 Å². The van der Waals surface area contributed by atoms with Crippen LogP contribution in [-0.2, 0) is 0 Å². The summed E-state index contributed by atoms with van der Waals surface area (Å²) in [5.41, 5.74) is -0.134. The van der Waals surface area contributed by atoms with E-state index in [1.165, 1.54) is 30.0 Å². The second kappa shape index (κ2) is 7.71. The van der Waals surface area contributed by atoms with E-state index >= 15 is 0 Å². The quantitative estimate of drug-likeness (QED) is 0.456. The number of rotatable bonds is 4. The number of ketones is 1. The number of amides is 1. The van der Waals surface area contributed by atoms with Crippen LogP contribution in [0.2, 0.25) is 0 Å². The molecule has 1 aliphatic rings. The molecule has 9 heteroatoms. The van der Waals surface area contributed by atoms with Gasteiger partial charge in [-0.2, -0.15) is 0 Å². The number of Topliss-reactive ketones (excluding diaryl/α,β-unsaturated/α-hetero) is 1. The van der Waals surface area contributed by atoms with Crippen LogP contribution in [0.5, 0.6) is 0 Å². The largest absolute Gasteiger partial charge is 0.366 e. The highest BCUT2D eigenvalue weighted by Gasteiger charge is 2.26. The van der Waals surface area contributed by atoms with E-state index in [0.717, 1.165) is 18.2 Å². The standard InChI is InChI=1S/C19H17F2N3O4/c1-12(25)13-2-5-18(17(21)10-13)22-6-8-23(9-7-22)19(26)15-11-14(24(27)28)3-4-16(15)20/h2-5,10-11H,6-9H2,1H3. The molecule has 0 bridgehead atoms. The van der Waals surface area contributed by atoms with Gasteiger partial charge in [0.2, 0.25) is 0 Å². The number of non-ortho nitro benzene ring substituents is 1. The molecule has 0 unspecified atom stereocenters. The lowest BCUT2D eigenvalue weighted by molar-refractivity contribution is -0.384. The number of nitrogens with zero attached hydrogens (tertiary/aromatic N) is 3. The van der Waals surface area contributed by atoms with Crippen LogP contribution in [0.25, 0.3) is 0 Å². The first-order valence-corrected chi connectivity index (χ1v) is 8.56. The first kappa shape index (κ1) is 19.4. The second-order valence-corrected chi connectivity index (χ2v) is 6.42. The van der Waals surface area contributed by atoms with Crippen molar-refractivity contribution < 1.29 is 23.3 Å². The Balaban J connectivity index is 1.72. The van der Waals surface area contributed by atoms with Gasteiger partial charge in [0, 0.05) is 43.9 Å². The van der Waals surface area contributed by atoms with Crippen LogP contribution in [0.4, 0.5) is 20.2 Å². The van der Waals surface area contributed by atoms with Gasteiger partial charge in [0.1, 0.15) is 11.6 Å². The molecule has 0 aliphatic carbocycles. The van der Waals surface area contributed by atoms with Crippen molar-refractivity contribution in [3.8, 4) is 0 Å². The number of halogens is 2. The predicted molar refractivity (Wildman–Crippen MR) is 97.6 cm³/mol. The number of piperazine rings is 1. The Kier molecular flexibility index (Phi) is 5.34. The Morgan fingerprint density at radius 3 is 2.25 bits per heavy atom. The van der Waals surface area contributed by atoms with E-state index < -0.39 is 22.5 Å². The Bertz CT molecular complexity index is 956. The van der Waals surface area contributed by atoms with Gasteiger partial charge < -0.3 is 9.80 Å². The fourth-order valence-electron chi connectivity index (χ4n) is 3.09. The number of benzene rings is 2. The molecule has 0 radical (unpaired) electrons. The Morgan fingerprint density at radius 1 is 1.00 bits per heavy atom. The van der Waals surface area contributed by atoms with Crippen LogP contribution in [-0.4, -0.2) is 47.7 Å². The van der Waals surface area contributed by atoms with Crippen LogP contribution in [0.1, 0.15) is 27.6 Å². The summed E-state index contributed by atoms with van der Waals surface area (Å²) in [6, 6.07) is 7.05. The summed E-state index contributed by atoms with van der Waals surface area (Å²) in [6.45, 7) is 2.37. The minimum atomic E-state index is -0.830. The molecule has 146 valence electrons. The summed E-state index contributed by atoms with van der Waals surface area (Å²) >= 11 is 0. The first-order valence-electron chi connectivity index (χ1n) is 8.56. The number of hydrogen-bond acceptors (Lipinski definition) is 5. The second-order valence-electron chi connectivity index (χ2n) is 6.42. The molecule has 2 aromatic carbocycles. The van der Waals surface area contributed by atoms with Gasteiger partial charge in [0.05, 0.1) is 16.2 Å². The number of carbonyl (C=O) groups excluding carboxylic acids is 2.